The third-order valence-corrected chi connectivity index (χ3v) is 5.01. The number of fused-ring (bicyclic) bond motifs is 1. The van der Waals surface area contributed by atoms with Crippen molar-refractivity contribution >= 4 is 28.4 Å². The lowest BCUT2D eigenvalue weighted by molar-refractivity contribution is -0.101. The van der Waals surface area contributed by atoms with Crippen LogP contribution in [-0.2, 0) is 7.05 Å². The van der Waals surface area contributed by atoms with Crippen molar-refractivity contribution in [2.24, 2.45) is 7.05 Å². The van der Waals surface area contributed by atoms with E-state index in [9.17, 15) is 18.7 Å². The molecule has 4 nitrogen and oxygen atoms in total. The maximum atomic E-state index is 13.2. The molecule has 0 radical (unpaired) electrons. The number of amides is 1. The summed E-state index contributed by atoms with van der Waals surface area (Å²) in [6.45, 7) is -0.0528. The summed E-state index contributed by atoms with van der Waals surface area (Å²) in [6.07, 6.45) is 0.886. The normalized spacial score (nSPS) is 19.4. The van der Waals surface area contributed by atoms with Gasteiger partial charge in [-0.2, -0.15) is 0 Å². The number of aromatic nitrogens is 1. The molecule has 1 aliphatic rings. The van der Waals surface area contributed by atoms with E-state index < -0.39 is 11.5 Å². The topological polar surface area (TPSA) is 54.3 Å². The van der Waals surface area contributed by atoms with Gasteiger partial charge in [0.15, 0.2) is 0 Å². The molecule has 0 saturated heterocycles. The Morgan fingerprint density at radius 2 is 2.00 bits per heavy atom. The zero-order chi connectivity index (χ0) is 17.5. The summed E-state index contributed by atoms with van der Waals surface area (Å²) in [7, 11) is 1.81. The van der Waals surface area contributed by atoms with Crippen LogP contribution in [0.5, 0.6) is 0 Å². The van der Waals surface area contributed by atoms with Gasteiger partial charge in [0.05, 0.1) is 21.7 Å². The number of halogens is 3. The highest BCUT2D eigenvalue weighted by Crippen LogP contribution is 2.38. The van der Waals surface area contributed by atoms with Crippen LogP contribution in [0.3, 0.4) is 0 Å². The second kappa shape index (κ2) is 6.01. The van der Waals surface area contributed by atoms with Crippen LogP contribution in [0, 0.1) is 0 Å². The molecule has 0 aliphatic heterocycles. The molecule has 2 aromatic rings. The molecule has 2 N–H and O–H groups in total. The summed E-state index contributed by atoms with van der Waals surface area (Å²) in [5.41, 5.74) is -0.0577. The Hall–Kier alpha value is -1.66. The van der Waals surface area contributed by atoms with Gasteiger partial charge in [0.25, 0.3) is 5.91 Å². The van der Waals surface area contributed by atoms with E-state index >= 15 is 0 Å². The van der Waals surface area contributed by atoms with Crippen molar-refractivity contribution < 1.29 is 18.7 Å². The van der Waals surface area contributed by atoms with Crippen molar-refractivity contribution in [1.29, 1.82) is 0 Å². The number of carbonyl (C=O) groups is 1. The summed E-state index contributed by atoms with van der Waals surface area (Å²) >= 11 is 6.20. The van der Waals surface area contributed by atoms with Gasteiger partial charge in [-0.15, -0.1) is 0 Å². The molecular weight excluding hydrogens is 338 g/mol. The number of aryl methyl sites for hydroxylation is 1. The molecule has 3 rings (SSSR count). The van der Waals surface area contributed by atoms with Gasteiger partial charge in [-0.25, -0.2) is 8.78 Å². The number of hydrogen-bond acceptors (Lipinski definition) is 2. The minimum absolute atomic E-state index is 0.0312. The van der Waals surface area contributed by atoms with Crippen molar-refractivity contribution in [3.63, 3.8) is 0 Å². The van der Waals surface area contributed by atoms with Gasteiger partial charge in [-0.05, 0) is 25.0 Å². The smallest absolute Gasteiger partial charge is 0.253 e. The lowest BCUT2D eigenvalue weighted by atomic mass is 9.82. The van der Waals surface area contributed by atoms with E-state index in [2.05, 4.69) is 5.32 Å². The number of hydrogen-bond donors (Lipinski definition) is 2. The van der Waals surface area contributed by atoms with Crippen molar-refractivity contribution in [3.05, 3.63) is 35.0 Å². The molecule has 1 amide bonds. The van der Waals surface area contributed by atoms with Gasteiger partial charge in [-0.3, -0.25) is 4.79 Å². The molecule has 0 atom stereocenters. The monoisotopic (exact) mass is 356 g/mol. The van der Waals surface area contributed by atoms with E-state index in [-0.39, 0.29) is 38.1 Å². The number of alkyl halides is 2. The number of rotatable bonds is 3. The second-order valence-electron chi connectivity index (χ2n) is 6.55. The molecule has 130 valence electrons. The van der Waals surface area contributed by atoms with Gasteiger partial charge in [0.2, 0.25) is 5.92 Å². The Balaban J connectivity index is 1.75. The zero-order valence-electron chi connectivity index (χ0n) is 13.3. The van der Waals surface area contributed by atoms with Crippen LogP contribution in [0.4, 0.5) is 8.78 Å². The number of nitrogens with zero attached hydrogens (tertiary/aromatic N) is 1. The summed E-state index contributed by atoms with van der Waals surface area (Å²) in [5.74, 6) is -3.10. The predicted molar refractivity (Wildman–Crippen MR) is 88.6 cm³/mol. The summed E-state index contributed by atoms with van der Waals surface area (Å²) in [4.78, 5) is 12.5. The molecule has 0 spiro atoms. The highest BCUT2D eigenvalue weighted by atomic mass is 35.5. The second-order valence-corrected chi connectivity index (χ2v) is 6.96. The standard InChI is InChI=1S/C17H19ClF2N2O2/c1-22-9-11(14-12(18)3-2-4-13(14)22)15(23)21-10-16(24)5-7-17(19,20)8-6-16/h2-4,9,24H,5-8,10H2,1H3,(H,21,23). The van der Waals surface area contributed by atoms with Crippen molar-refractivity contribution in [3.8, 4) is 0 Å². The first kappa shape index (κ1) is 17.2. The number of nitrogens with one attached hydrogen (secondary N) is 1. The van der Waals surface area contributed by atoms with E-state index in [1.165, 1.54) is 0 Å². The first-order chi connectivity index (χ1) is 11.2. The van der Waals surface area contributed by atoms with Gasteiger partial charge < -0.3 is 15.0 Å². The summed E-state index contributed by atoms with van der Waals surface area (Å²) < 4.78 is 28.2. The van der Waals surface area contributed by atoms with E-state index in [4.69, 9.17) is 11.6 Å². The van der Waals surface area contributed by atoms with Crippen molar-refractivity contribution in [2.75, 3.05) is 6.54 Å². The van der Waals surface area contributed by atoms with Crippen LogP contribution in [0.15, 0.2) is 24.4 Å². The summed E-state index contributed by atoms with van der Waals surface area (Å²) in [5, 5.41) is 14.2. The molecule has 0 unspecified atom stereocenters. The average Bonchev–Trinajstić information content (AvgIpc) is 2.87. The molecule has 7 heteroatoms. The maximum absolute atomic E-state index is 13.2. The first-order valence-electron chi connectivity index (χ1n) is 7.83. The van der Waals surface area contributed by atoms with E-state index in [0.717, 1.165) is 5.52 Å². The number of aliphatic hydroxyl groups is 1. The fourth-order valence-electron chi connectivity index (χ4n) is 3.17. The third-order valence-electron chi connectivity index (χ3n) is 4.70. The van der Waals surface area contributed by atoms with Gasteiger partial charge >= 0.3 is 0 Å². The van der Waals surface area contributed by atoms with Crippen LogP contribution < -0.4 is 5.32 Å². The Labute approximate surface area is 143 Å². The van der Waals surface area contributed by atoms with Gasteiger partial charge in [0.1, 0.15) is 0 Å². The molecule has 0 bridgehead atoms. The Morgan fingerprint density at radius 1 is 1.33 bits per heavy atom. The SMILES string of the molecule is Cn1cc(C(=O)NCC2(O)CCC(F)(F)CC2)c2c(Cl)cccc21. The quantitative estimate of drug-likeness (QED) is 0.884. The number of benzene rings is 1. The van der Waals surface area contributed by atoms with Crippen molar-refractivity contribution in [2.45, 2.75) is 37.2 Å². The maximum Gasteiger partial charge on any atom is 0.253 e. The van der Waals surface area contributed by atoms with Gasteiger partial charge in [-0.1, -0.05) is 17.7 Å². The average molecular weight is 357 g/mol. The van der Waals surface area contributed by atoms with Crippen LogP contribution in [-0.4, -0.2) is 33.6 Å². The minimum atomic E-state index is -2.72. The van der Waals surface area contributed by atoms with Crippen LogP contribution in [0.25, 0.3) is 10.9 Å². The predicted octanol–water partition coefficient (Wildman–Crippen LogP) is 3.50. The molecule has 1 aliphatic carbocycles. The largest absolute Gasteiger partial charge is 0.388 e. The molecule has 24 heavy (non-hydrogen) atoms. The molecule has 1 heterocycles. The fourth-order valence-corrected chi connectivity index (χ4v) is 3.44. The van der Waals surface area contributed by atoms with Crippen LogP contribution in [0.2, 0.25) is 5.02 Å². The third kappa shape index (κ3) is 3.26. The van der Waals surface area contributed by atoms with Gasteiger partial charge in [0, 0.05) is 38.0 Å². The molecule has 1 aromatic heterocycles. The zero-order valence-corrected chi connectivity index (χ0v) is 14.0. The lowest BCUT2D eigenvalue weighted by Gasteiger charge is -2.35. The van der Waals surface area contributed by atoms with Crippen LogP contribution >= 0.6 is 11.6 Å². The molecule has 1 aromatic carbocycles. The van der Waals surface area contributed by atoms with E-state index in [1.54, 1.807) is 22.9 Å². The van der Waals surface area contributed by atoms with E-state index in [0.29, 0.717) is 16.0 Å². The number of carbonyl (C=O) groups excluding carboxylic acids is 1. The summed E-state index contributed by atoms with van der Waals surface area (Å²) in [6, 6.07) is 5.36. The highest BCUT2D eigenvalue weighted by molar-refractivity contribution is 6.36. The molecular formula is C17H19ClF2N2O2. The highest BCUT2D eigenvalue weighted by Gasteiger charge is 2.42. The Kier molecular flexibility index (Phi) is 4.30. The molecule has 1 saturated carbocycles. The molecule has 1 fully saturated rings. The Bertz CT molecular complexity index is 778. The minimum Gasteiger partial charge on any atom is -0.388 e. The Morgan fingerprint density at radius 3 is 2.67 bits per heavy atom. The van der Waals surface area contributed by atoms with E-state index in [1.807, 2.05) is 13.1 Å². The fraction of sp³-hybridized carbons (Fsp3) is 0.471. The first-order valence-corrected chi connectivity index (χ1v) is 8.21. The van der Waals surface area contributed by atoms with Crippen molar-refractivity contribution in [1.82, 2.24) is 9.88 Å². The van der Waals surface area contributed by atoms with Crippen LogP contribution in [0.1, 0.15) is 36.0 Å². The lowest BCUT2D eigenvalue weighted by Crippen LogP contribution is -2.47.